The van der Waals surface area contributed by atoms with Crippen molar-refractivity contribution in [2.24, 2.45) is 0 Å². The molecule has 1 heteroatoms. The number of benzene rings is 2. The van der Waals surface area contributed by atoms with Crippen molar-refractivity contribution in [2.75, 3.05) is 0 Å². The largest absolute Gasteiger partial charge is 0.289 e. The van der Waals surface area contributed by atoms with Gasteiger partial charge in [-0.2, -0.15) is 0 Å². The molecular formula is C25H34O. The van der Waals surface area contributed by atoms with Crippen LogP contribution in [0.15, 0.2) is 36.4 Å². The highest BCUT2D eigenvalue weighted by Gasteiger charge is 2.26. The number of carbonyl (C=O) groups is 1. The molecule has 0 unspecified atom stereocenters. The van der Waals surface area contributed by atoms with Gasteiger partial charge in [-0.3, -0.25) is 4.79 Å². The fourth-order valence-electron chi connectivity index (χ4n) is 3.75. The van der Waals surface area contributed by atoms with Crippen LogP contribution in [0.2, 0.25) is 0 Å². The van der Waals surface area contributed by atoms with Gasteiger partial charge in [0, 0.05) is 11.1 Å². The molecule has 0 heterocycles. The van der Waals surface area contributed by atoms with E-state index in [1.807, 2.05) is 0 Å². The molecule has 0 spiro atoms. The number of hydrogen-bond acceptors (Lipinski definition) is 1. The first-order valence-electron chi connectivity index (χ1n) is 9.97. The Hall–Kier alpha value is -1.89. The van der Waals surface area contributed by atoms with Crippen molar-refractivity contribution in [3.05, 3.63) is 69.8 Å². The van der Waals surface area contributed by atoms with Crippen LogP contribution in [0.5, 0.6) is 0 Å². The molecule has 2 rings (SSSR count). The Morgan fingerprint density at radius 3 is 0.962 bits per heavy atom. The summed E-state index contributed by atoms with van der Waals surface area (Å²) < 4.78 is 0. The molecule has 0 radical (unpaired) electrons. The van der Waals surface area contributed by atoms with Gasteiger partial charge in [0.25, 0.3) is 0 Å². The lowest BCUT2D eigenvalue weighted by Crippen LogP contribution is -2.16. The lowest BCUT2D eigenvalue weighted by Gasteiger charge is -2.23. The predicted octanol–water partition coefficient (Wildman–Crippen LogP) is 7.41. The minimum atomic E-state index is 0.200. The van der Waals surface area contributed by atoms with E-state index in [9.17, 15) is 4.79 Å². The Balaban J connectivity index is 2.83. The van der Waals surface area contributed by atoms with E-state index in [1.54, 1.807) is 0 Å². The summed E-state index contributed by atoms with van der Waals surface area (Å²) in [6.45, 7) is 17.4. The van der Waals surface area contributed by atoms with Crippen LogP contribution in [0.4, 0.5) is 0 Å². The monoisotopic (exact) mass is 350 g/mol. The number of carbonyl (C=O) groups excluding carboxylic acids is 1. The van der Waals surface area contributed by atoms with E-state index >= 15 is 0 Å². The maximum atomic E-state index is 13.9. The van der Waals surface area contributed by atoms with E-state index in [-0.39, 0.29) is 5.78 Å². The topological polar surface area (TPSA) is 17.1 Å². The molecule has 2 aromatic rings. The third kappa shape index (κ3) is 3.92. The molecule has 140 valence electrons. The summed E-state index contributed by atoms with van der Waals surface area (Å²) in [6, 6.07) is 12.7. The molecule has 0 aliphatic carbocycles. The molecule has 0 atom stereocenters. The van der Waals surface area contributed by atoms with Crippen LogP contribution in [0, 0.1) is 0 Å². The van der Waals surface area contributed by atoms with Gasteiger partial charge in [-0.1, -0.05) is 91.8 Å². The number of hydrogen-bond donors (Lipinski definition) is 0. The highest BCUT2D eigenvalue weighted by atomic mass is 16.1. The lowest BCUT2D eigenvalue weighted by atomic mass is 9.80. The third-order valence-electron chi connectivity index (χ3n) is 5.20. The highest BCUT2D eigenvalue weighted by molar-refractivity contribution is 6.13. The van der Waals surface area contributed by atoms with Crippen molar-refractivity contribution in [1.82, 2.24) is 0 Å². The van der Waals surface area contributed by atoms with E-state index in [0.29, 0.717) is 23.7 Å². The molecule has 0 bridgehead atoms. The van der Waals surface area contributed by atoms with Crippen molar-refractivity contribution < 1.29 is 4.79 Å². The average Bonchev–Trinajstić information content (AvgIpc) is 2.59. The molecule has 2 aromatic carbocycles. The Morgan fingerprint density at radius 2 is 0.769 bits per heavy atom. The van der Waals surface area contributed by atoms with Crippen LogP contribution >= 0.6 is 0 Å². The first-order valence-corrected chi connectivity index (χ1v) is 9.97. The molecule has 0 N–H and O–H groups in total. The minimum Gasteiger partial charge on any atom is -0.289 e. The molecule has 0 aromatic heterocycles. The Morgan fingerprint density at radius 1 is 0.538 bits per heavy atom. The van der Waals surface area contributed by atoms with Crippen LogP contribution in [0.25, 0.3) is 0 Å². The van der Waals surface area contributed by atoms with Crippen LogP contribution in [0.1, 0.15) is 117 Å². The molecule has 0 fully saturated rings. The van der Waals surface area contributed by atoms with Crippen molar-refractivity contribution in [1.29, 1.82) is 0 Å². The average molecular weight is 351 g/mol. The summed E-state index contributed by atoms with van der Waals surface area (Å²) >= 11 is 0. The molecule has 0 aliphatic heterocycles. The second kappa shape index (κ2) is 8.20. The van der Waals surface area contributed by atoms with E-state index in [0.717, 1.165) is 33.4 Å². The third-order valence-corrected chi connectivity index (χ3v) is 5.20. The zero-order chi connectivity index (χ0) is 19.6. The van der Waals surface area contributed by atoms with Gasteiger partial charge < -0.3 is 0 Å². The van der Waals surface area contributed by atoms with Crippen LogP contribution < -0.4 is 0 Å². The van der Waals surface area contributed by atoms with Crippen LogP contribution in [-0.2, 0) is 0 Å². The molecule has 0 saturated carbocycles. The maximum absolute atomic E-state index is 13.9. The first-order chi connectivity index (χ1) is 12.2. The van der Waals surface area contributed by atoms with E-state index < -0.39 is 0 Å². The summed E-state index contributed by atoms with van der Waals surface area (Å²) in [5.41, 5.74) is 6.49. The zero-order valence-electron chi connectivity index (χ0n) is 17.7. The first kappa shape index (κ1) is 20.4. The fraction of sp³-hybridized carbons (Fsp3) is 0.480. The van der Waals surface area contributed by atoms with Gasteiger partial charge in [-0.25, -0.2) is 0 Å². The van der Waals surface area contributed by atoms with Crippen molar-refractivity contribution in [2.45, 2.75) is 79.1 Å². The van der Waals surface area contributed by atoms with Crippen LogP contribution in [0.3, 0.4) is 0 Å². The smallest absolute Gasteiger partial charge is 0.194 e. The highest BCUT2D eigenvalue weighted by Crippen LogP contribution is 2.34. The maximum Gasteiger partial charge on any atom is 0.194 e. The van der Waals surface area contributed by atoms with Gasteiger partial charge in [-0.05, 0) is 45.9 Å². The Kier molecular flexibility index (Phi) is 6.44. The van der Waals surface area contributed by atoms with Gasteiger partial charge in [0.05, 0.1) is 0 Å². The van der Waals surface area contributed by atoms with Crippen LogP contribution in [-0.4, -0.2) is 5.78 Å². The molecular weight excluding hydrogens is 316 g/mol. The molecule has 0 aliphatic rings. The molecule has 1 nitrogen and oxygen atoms in total. The molecule has 0 amide bonds. The lowest BCUT2D eigenvalue weighted by molar-refractivity contribution is 0.103. The number of ketones is 1. The quantitative estimate of drug-likeness (QED) is 0.496. The van der Waals surface area contributed by atoms with Gasteiger partial charge >= 0.3 is 0 Å². The standard InChI is InChI=1S/C25H34O/c1-15(2)19-11-9-12-20(16(3)4)23(19)25(26)24-21(17(5)6)13-10-14-22(24)18(7)8/h9-18H,1-8H3. The number of rotatable bonds is 6. The van der Waals surface area contributed by atoms with Crippen molar-refractivity contribution in [3.63, 3.8) is 0 Å². The summed E-state index contributed by atoms with van der Waals surface area (Å²) in [4.78, 5) is 13.9. The molecule has 0 saturated heterocycles. The summed E-state index contributed by atoms with van der Waals surface area (Å²) in [5, 5.41) is 0. The van der Waals surface area contributed by atoms with E-state index in [4.69, 9.17) is 0 Å². The fourth-order valence-corrected chi connectivity index (χ4v) is 3.75. The predicted molar refractivity (Wildman–Crippen MR) is 113 cm³/mol. The van der Waals surface area contributed by atoms with E-state index in [1.165, 1.54) is 0 Å². The van der Waals surface area contributed by atoms with Gasteiger partial charge in [0.1, 0.15) is 0 Å². The Bertz CT molecular complexity index is 661. The van der Waals surface area contributed by atoms with Crippen molar-refractivity contribution >= 4 is 5.78 Å². The summed E-state index contributed by atoms with van der Waals surface area (Å²) in [6.07, 6.45) is 0. The second-order valence-electron chi connectivity index (χ2n) is 8.57. The van der Waals surface area contributed by atoms with E-state index in [2.05, 4.69) is 91.8 Å². The minimum absolute atomic E-state index is 0.200. The van der Waals surface area contributed by atoms with Crippen molar-refractivity contribution in [3.8, 4) is 0 Å². The second-order valence-corrected chi connectivity index (χ2v) is 8.57. The Labute approximate surface area is 159 Å². The SMILES string of the molecule is CC(C)c1cccc(C(C)C)c1C(=O)c1c(C(C)C)cccc1C(C)C. The summed E-state index contributed by atoms with van der Waals surface area (Å²) in [7, 11) is 0. The van der Waals surface area contributed by atoms with Gasteiger partial charge in [0.2, 0.25) is 0 Å². The molecule has 26 heavy (non-hydrogen) atoms. The zero-order valence-corrected chi connectivity index (χ0v) is 17.7. The van der Waals surface area contributed by atoms with Gasteiger partial charge in [0.15, 0.2) is 5.78 Å². The van der Waals surface area contributed by atoms with Gasteiger partial charge in [-0.15, -0.1) is 0 Å². The summed E-state index contributed by atoms with van der Waals surface area (Å²) in [5.74, 6) is 1.48. The normalized spacial score (nSPS) is 11.8.